The van der Waals surface area contributed by atoms with Gasteiger partial charge in [0.2, 0.25) is 0 Å². The van der Waals surface area contributed by atoms with Gasteiger partial charge in [-0.15, -0.1) is 0 Å². The van der Waals surface area contributed by atoms with E-state index in [0.29, 0.717) is 12.1 Å². The number of hydrogen-bond donors (Lipinski definition) is 1. The molecule has 0 aromatic carbocycles. The van der Waals surface area contributed by atoms with E-state index in [2.05, 4.69) is 15.0 Å². The van der Waals surface area contributed by atoms with E-state index >= 15 is 0 Å². The molecule has 1 N–H and O–H groups in total. The molecule has 0 spiro atoms. The fourth-order valence-corrected chi connectivity index (χ4v) is 1.11. The molecule has 0 aliphatic heterocycles. The number of aliphatic carboxylic acids is 1. The highest BCUT2D eigenvalue weighted by atomic mass is 16.6. The number of carbonyl (C=O) groups is 1. The van der Waals surface area contributed by atoms with Gasteiger partial charge in [0, 0.05) is 24.4 Å². The van der Waals surface area contributed by atoms with Crippen molar-refractivity contribution >= 4 is 11.7 Å². The van der Waals surface area contributed by atoms with Crippen molar-refractivity contribution in [1.29, 1.82) is 0 Å². The molecule has 15 heavy (non-hydrogen) atoms. The zero-order chi connectivity index (χ0) is 11.1. The van der Waals surface area contributed by atoms with Gasteiger partial charge in [-0.25, -0.2) is 0 Å². The Morgan fingerprint density at radius 3 is 2.93 bits per heavy atom. The number of aromatic nitrogens is 1. The average molecular weight is 208 g/mol. The van der Waals surface area contributed by atoms with Crippen LogP contribution in [0.2, 0.25) is 0 Å². The number of carboxylic acids is 1. The Morgan fingerprint density at radius 2 is 2.40 bits per heavy atom. The van der Waals surface area contributed by atoms with E-state index in [1.54, 1.807) is 18.5 Å². The Balaban J connectivity index is 2.75. The molecule has 0 amide bonds. The topological polar surface area (TPSA) is 71.8 Å². The summed E-state index contributed by atoms with van der Waals surface area (Å²) in [6.45, 7) is 0. The monoisotopic (exact) mass is 208 g/mol. The molecule has 0 saturated carbocycles. The highest BCUT2D eigenvalue weighted by molar-refractivity contribution is 6.01. The van der Waals surface area contributed by atoms with E-state index < -0.39 is 5.97 Å². The molecule has 0 saturated heterocycles. The van der Waals surface area contributed by atoms with E-state index in [4.69, 9.17) is 5.11 Å². The van der Waals surface area contributed by atoms with Gasteiger partial charge in [0.05, 0.1) is 12.1 Å². The van der Waals surface area contributed by atoms with Crippen LogP contribution in [0, 0.1) is 0 Å². The van der Waals surface area contributed by atoms with Gasteiger partial charge in [-0.05, 0) is 12.1 Å². The molecule has 0 bridgehead atoms. The molecule has 5 heteroatoms. The summed E-state index contributed by atoms with van der Waals surface area (Å²) in [5.74, 6) is -0.859. The number of pyridine rings is 1. The van der Waals surface area contributed by atoms with Crippen LogP contribution in [0.4, 0.5) is 0 Å². The Kier molecular flexibility index (Phi) is 4.28. The maximum atomic E-state index is 10.4. The normalized spacial score (nSPS) is 11.1. The van der Waals surface area contributed by atoms with Crippen LogP contribution >= 0.6 is 0 Å². The first-order chi connectivity index (χ1) is 7.24. The maximum Gasteiger partial charge on any atom is 0.303 e. The second kappa shape index (κ2) is 5.74. The standard InChI is InChI=1S/C10H12N2O3/c1-15-12-9(4-5-10(13)14)8-3-2-6-11-7-8/h2-3,6-7H,4-5H2,1H3,(H,13,14)/b12-9-. The third-order valence-corrected chi connectivity index (χ3v) is 1.77. The SMILES string of the molecule is CO/N=C(/CCC(=O)O)c1cccnc1. The van der Waals surface area contributed by atoms with E-state index in [-0.39, 0.29) is 6.42 Å². The first kappa shape index (κ1) is 11.2. The zero-order valence-electron chi connectivity index (χ0n) is 8.38. The van der Waals surface area contributed by atoms with Crippen LogP contribution in [0.3, 0.4) is 0 Å². The van der Waals surface area contributed by atoms with Crippen molar-refractivity contribution in [3.05, 3.63) is 30.1 Å². The van der Waals surface area contributed by atoms with Gasteiger partial charge in [-0.2, -0.15) is 0 Å². The van der Waals surface area contributed by atoms with Crippen LogP contribution in [0.25, 0.3) is 0 Å². The molecule has 1 aromatic heterocycles. The fraction of sp³-hybridized carbons (Fsp3) is 0.300. The van der Waals surface area contributed by atoms with E-state index in [0.717, 1.165) is 5.56 Å². The molecular weight excluding hydrogens is 196 g/mol. The largest absolute Gasteiger partial charge is 0.481 e. The van der Waals surface area contributed by atoms with Crippen LogP contribution in [0.15, 0.2) is 29.7 Å². The van der Waals surface area contributed by atoms with Crippen LogP contribution in [0.1, 0.15) is 18.4 Å². The zero-order valence-corrected chi connectivity index (χ0v) is 8.38. The molecule has 0 aliphatic rings. The van der Waals surface area contributed by atoms with Crippen molar-refractivity contribution in [3.8, 4) is 0 Å². The summed E-state index contributed by atoms with van der Waals surface area (Å²) in [5.41, 5.74) is 1.37. The molecule has 1 aromatic rings. The first-order valence-electron chi connectivity index (χ1n) is 4.46. The Hall–Kier alpha value is -1.91. The summed E-state index contributed by atoms with van der Waals surface area (Å²) in [7, 11) is 1.43. The summed E-state index contributed by atoms with van der Waals surface area (Å²) in [4.78, 5) is 19.0. The maximum absolute atomic E-state index is 10.4. The second-order valence-corrected chi connectivity index (χ2v) is 2.86. The van der Waals surface area contributed by atoms with E-state index in [1.165, 1.54) is 7.11 Å². The number of rotatable bonds is 5. The van der Waals surface area contributed by atoms with Crippen molar-refractivity contribution in [2.75, 3.05) is 7.11 Å². The van der Waals surface area contributed by atoms with Crippen molar-refractivity contribution in [3.63, 3.8) is 0 Å². The van der Waals surface area contributed by atoms with Gasteiger partial charge in [-0.1, -0.05) is 5.16 Å². The van der Waals surface area contributed by atoms with Crippen molar-refractivity contribution in [2.45, 2.75) is 12.8 Å². The van der Waals surface area contributed by atoms with Crippen LogP contribution in [-0.2, 0) is 9.63 Å². The van der Waals surface area contributed by atoms with Gasteiger partial charge in [-0.3, -0.25) is 9.78 Å². The number of oxime groups is 1. The van der Waals surface area contributed by atoms with Crippen LogP contribution < -0.4 is 0 Å². The smallest absolute Gasteiger partial charge is 0.303 e. The number of nitrogens with zero attached hydrogens (tertiary/aromatic N) is 2. The average Bonchev–Trinajstić information content (AvgIpc) is 2.25. The summed E-state index contributed by atoms with van der Waals surface area (Å²) < 4.78 is 0. The second-order valence-electron chi connectivity index (χ2n) is 2.86. The summed E-state index contributed by atoms with van der Waals surface area (Å²) in [6, 6.07) is 3.58. The molecule has 0 fully saturated rings. The lowest BCUT2D eigenvalue weighted by molar-refractivity contribution is -0.136. The lowest BCUT2D eigenvalue weighted by atomic mass is 10.1. The molecule has 5 nitrogen and oxygen atoms in total. The van der Waals surface area contributed by atoms with Gasteiger partial charge >= 0.3 is 5.97 Å². The van der Waals surface area contributed by atoms with Crippen LogP contribution in [0.5, 0.6) is 0 Å². The fourth-order valence-electron chi connectivity index (χ4n) is 1.11. The van der Waals surface area contributed by atoms with Gasteiger partial charge in [0.1, 0.15) is 7.11 Å². The molecule has 0 radical (unpaired) electrons. The van der Waals surface area contributed by atoms with Crippen molar-refractivity contribution in [1.82, 2.24) is 4.98 Å². The molecule has 0 unspecified atom stereocenters. The lowest BCUT2D eigenvalue weighted by Crippen LogP contribution is -2.06. The lowest BCUT2D eigenvalue weighted by Gasteiger charge is -2.03. The Morgan fingerprint density at radius 1 is 1.60 bits per heavy atom. The van der Waals surface area contributed by atoms with Gasteiger partial charge in [0.15, 0.2) is 0 Å². The molecule has 1 rings (SSSR count). The summed E-state index contributed by atoms with van der Waals surface area (Å²) >= 11 is 0. The van der Waals surface area contributed by atoms with Crippen molar-refractivity contribution < 1.29 is 14.7 Å². The third kappa shape index (κ3) is 3.76. The number of carboxylic acid groups (broad SMARTS) is 1. The Bertz CT molecular complexity index is 349. The van der Waals surface area contributed by atoms with Gasteiger partial charge in [0.25, 0.3) is 0 Å². The highest BCUT2D eigenvalue weighted by Gasteiger charge is 2.07. The third-order valence-electron chi connectivity index (χ3n) is 1.77. The van der Waals surface area contributed by atoms with E-state index in [1.807, 2.05) is 6.07 Å². The highest BCUT2D eigenvalue weighted by Crippen LogP contribution is 2.05. The minimum Gasteiger partial charge on any atom is -0.481 e. The van der Waals surface area contributed by atoms with Crippen LogP contribution in [-0.4, -0.2) is 28.9 Å². The van der Waals surface area contributed by atoms with E-state index in [9.17, 15) is 4.79 Å². The molecular formula is C10H12N2O3. The predicted molar refractivity (Wildman–Crippen MR) is 54.7 cm³/mol. The number of hydrogen-bond acceptors (Lipinski definition) is 4. The molecule has 1 heterocycles. The van der Waals surface area contributed by atoms with Gasteiger partial charge < -0.3 is 9.94 Å². The molecule has 80 valence electrons. The minimum atomic E-state index is -0.859. The Labute approximate surface area is 87.4 Å². The summed E-state index contributed by atoms with van der Waals surface area (Å²) in [5, 5.41) is 12.3. The molecule has 0 aliphatic carbocycles. The summed E-state index contributed by atoms with van der Waals surface area (Å²) in [6.07, 6.45) is 3.62. The predicted octanol–water partition coefficient (Wildman–Crippen LogP) is 1.30. The quantitative estimate of drug-likeness (QED) is 0.584. The van der Waals surface area contributed by atoms with Crippen molar-refractivity contribution in [2.24, 2.45) is 5.16 Å². The molecule has 0 atom stereocenters. The minimum absolute atomic E-state index is 0.0249. The first-order valence-corrected chi connectivity index (χ1v) is 4.46.